The molecular weight excluding hydrogens is 460 g/mol. The van der Waals surface area contributed by atoms with Crippen molar-refractivity contribution in [2.24, 2.45) is 5.10 Å². The van der Waals surface area contributed by atoms with Crippen molar-refractivity contribution in [2.45, 2.75) is 6.92 Å². The van der Waals surface area contributed by atoms with Gasteiger partial charge in [-0.25, -0.2) is 10.1 Å². The highest BCUT2D eigenvalue weighted by molar-refractivity contribution is 6.04. The van der Waals surface area contributed by atoms with E-state index in [-0.39, 0.29) is 5.56 Å². The predicted molar refractivity (Wildman–Crippen MR) is 138 cm³/mol. The van der Waals surface area contributed by atoms with Gasteiger partial charge in [0.25, 0.3) is 11.5 Å². The molecule has 0 spiro atoms. The van der Waals surface area contributed by atoms with Gasteiger partial charge in [0, 0.05) is 17.2 Å². The topological polar surface area (TPSA) is 107 Å². The van der Waals surface area contributed by atoms with Crippen LogP contribution in [0, 0.1) is 0 Å². The van der Waals surface area contributed by atoms with Crippen LogP contribution in [0.2, 0.25) is 0 Å². The van der Waals surface area contributed by atoms with Crippen LogP contribution in [0.4, 0.5) is 0 Å². The third kappa shape index (κ3) is 5.00. The van der Waals surface area contributed by atoms with Crippen LogP contribution in [0.1, 0.15) is 22.8 Å². The van der Waals surface area contributed by atoms with E-state index >= 15 is 0 Å². The first-order valence-electron chi connectivity index (χ1n) is 11.1. The van der Waals surface area contributed by atoms with Crippen LogP contribution < -0.4 is 25.2 Å². The zero-order chi connectivity index (χ0) is 25.7. The van der Waals surface area contributed by atoms with Gasteiger partial charge in [0.05, 0.1) is 44.0 Å². The fraction of sp³-hybridized carbons (Fsp3) is 0.148. The maximum absolute atomic E-state index is 13.5. The summed E-state index contributed by atoms with van der Waals surface area (Å²) in [5.74, 6) is 1.15. The second-order valence-electron chi connectivity index (χ2n) is 7.81. The smallest absolute Gasteiger partial charge is 0.281 e. The molecule has 0 atom stereocenters. The van der Waals surface area contributed by atoms with Gasteiger partial charge in [-0.1, -0.05) is 30.3 Å². The molecule has 184 valence electrons. The minimum Gasteiger partial charge on any atom is -0.497 e. The van der Waals surface area contributed by atoms with Crippen LogP contribution in [0.3, 0.4) is 0 Å². The fourth-order valence-electron chi connectivity index (χ4n) is 3.69. The quantitative estimate of drug-likeness (QED) is 0.289. The van der Waals surface area contributed by atoms with Gasteiger partial charge in [0.2, 0.25) is 0 Å². The number of hydrazone groups is 1. The number of aromatic nitrogens is 2. The molecule has 0 aliphatic carbocycles. The molecule has 2 N–H and O–H groups in total. The fourth-order valence-corrected chi connectivity index (χ4v) is 3.69. The monoisotopic (exact) mass is 486 g/mol. The third-order valence-electron chi connectivity index (χ3n) is 5.58. The van der Waals surface area contributed by atoms with Crippen LogP contribution in [-0.4, -0.2) is 42.7 Å². The largest absolute Gasteiger partial charge is 0.497 e. The number of hydrogen-bond acceptors (Lipinski definition) is 6. The van der Waals surface area contributed by atoms with E-state index in [9.17, 15) is 9.59 Å². The van der Waals surface area contributed by atoms with Crippen molar-refractivity contribution in [1.82, 2.24) is 15.2 Å². The Bertz CT molecular complexity index is 1430. The molecule has 0 saturated heterocycles. The second kappa shape index (κ2) is 10.6. The summed E-state index contributed by atoms with van der Waals surface area (Å²) >= 11 is 0. The van der Waals surface area contributed by atoms with Crippen molar-refractivity contribution in [3.63, 3.8) is 0 Å². The summed E-state index contributed by atoms with van der Waals surface area (Å²) in [4.78, 5) is 26.3. The predicted octanol–water partition coefficient (Wildman–Crippen LogP) is 4.01. The van der Waals surface area contributed by atoms with Crippen molar-refractivity contribution in [2.75, 3.05) is 21.3 Å². The molecule has 0 radical (unpaired) electrons. The maximum Gasteiger partial charge on any atom is 0.281 e. The van der Waals surface area contributed by atoms with Gasteiger partial charge in [0.1, 0.15) is 17.2 Å². The van der Waals surface area contributed by atoms with Crippen molar-refractivity contribution < 1.29 is 19.0 Å². The zero-order valence-electron chi connectivity index (χ0n) is 20.4. The number of H-pyrrole nitrogens is 1. The molecule has 1 heterocycles. The van der Waals surface area contributed by atoms with Gasteiger partial charge >= 0.3 is 0 Å². The standard InChI is InChI=1S/C27H26N4O5/c1-17(28-29-26(32)19-14-22(35-3)16-23(15-19)36-4)24-25(18-8-6-5-7-9-18)30-31(27(24)33)20-10-12-21(34-2)13-11-20/h5-16,30H,1-4H3,(H,29,32)/b28-17+. The lowest BCUT2D eigenvalue weighted by Crippen LogP contribution is -2.23. The van der Waals surface area contributed by atoms with Crippen molar-refractivity contribution >= 4 is 11.6 Å². The Morgan fingerprint density at radius 2 is 1.47 bits per heavy atom. The van der Waals surface area contributed by atoms with Crippen molar-refractivity contribution in [3.8, 4) is 34.2 Å². The molecule has 9 nitrogen and oxygen atoms in total. The summed E-state index contributed by atoms with van der Waals surface area (Å²) in [6, 6.07) is 21.4. The van der Waals surface area contributed by atoms with E-state index in [1.54, 1.807) is 56.5 Å². The van der Waals surface area contributed by atoms with E-state index in [1.165, 1.54) is 18.9 Å². The average molecular weight is 487 g/mol. The summed E-state index contributed by atoms with van der Waals surface area (Å²) in [5.41, 5.74) is 5.20. The minimum absolute atomic E-state index is 0.302. The second-order valence-corrected chi connectivity index (χ2v) is 7.81. The van der Waals surface area contributed by atoms with E-state index in [1.807, 2.05) is 30.3 Å². The molecule has 3 aromatic carbocycles. The minimum atomic E-state index is -0.473. The Morgan fingerprint density at radius 1 is 0.861 bits per heavy atom. The van der Waals surface area contributed by atoms with E-state index in [0.717, 1.165) is 5.56 Å². The molecule has 4 aromatic rings. The molecule has 9 heteroatoms. The molecule has 0 aliphatic heterocycles. The molecule has 0 unspecified atom stereocenters. The number of carbonyl (C=O) groups is 1. The normalized spacial score (nSPS) is 11.2. The Balaban J connectivity index is 1.73. The van der Waals surface area contributed by atoms with E-state index in [4.69, 9.17) is 14.2 Å². The van der Waals surface area contributed by atoms with Gasteiger partial charge in [-0.3, -0.25) is 14.7 Å². The van der Waals surface area contributed by atoms with Crippen LogP contribution in [0.15, 0.2) is 82.7 Å². The molecule has 36 heavy (non-hydrogen) atoms. The van der Waals surface area contributed by atoms with E-state index < -0.39 is 5.91 Å². The first kappa shape index (κ1) is 24.3. The van der Waals surface area contributed by atoms with Gasteiger partial charge < -0.3 is 14.2 Å². The number of methoxy groups -OCH3 is 3. The van der Waals surface area contributed by atoms with Crippen LogP contribution >= 0.6 is 0 Å². The summed E-state index contributed by atoms with van der Waals surface area (Å²) in [6.07, 6.45) is 0. The Hall–Kier alpha value is -4.79. The number of nitrogens with one attached hydrogen (secondary N) is 2. The average Bonchev–Trinajstić information content (AvgIpc) is 3.28. The van der Waals surface area contributed by atoms with Gasteiger partial charge in [-0.2, -0.15) is 5.10 Å². The lowest BCUT2D eigenvalue weighted by atomic mass is 10.1. The van der Waals surface area contributed by atoms with Crippen LogP contribution in [0.5, 0.6) is 17.2 Å². The number of aromatic amines is 1. The molecular formula is C27H26N4O5. The lowest BCUT2D eigenvalue weighted by molar-refractivity contribution is 0.0954. The van der Waals surface area contributed by atoms with E-state index in [0.29, 0.717) is 45.5 Å². The third-order valence-corrected chi connectivity index (χ3v) is 5.58. The van der Waals surface area contributed by atoms with Crippen molar-refractivity contribution in [1.29, 1.82) is 0 Å². The van der Waals surface area contributed by atoms with E-state index in [2.05, 4.69) is 15.6 Å². The molecule has 0 fully saturated rings. The number of benzene rings is 3. The summed E-state index contributed by atoms with van der Waals surface area (Å²) < 4.78 is 17.1. The summed E-state index contributed by atoms with van der Waals surface area (Å²) in [5, 5.41) is 7.43. The van der Waals surface area contributed by atoms with Crippen LogP contribution in [-0.2, 0) is 0 Å². The number of hydrogen-bond donors (Lipinski definition) is 2. The van der Waals surface area contributed by atoms with Gasteiger partial charge in [-0.05, 0) is 43.3 Å². The maximum atomic E-state index is 13.5. The molecule has 4 rings (SSSR count). The molecule has 0 saturated carbocycles. The highest BCUT2D eigenvalue weighted by atomic mass is 16.5. The number of rotatable bonds is 8. The Labute approximate surface area is 207 Å². The Morgan fingerprint density at radius 3 is 2.06 bits per heavy atom. The van der Waals surface area contributed by atoms with Gasteiger partial charge in [-0.15, -0.1) is 0 Å². The SMILES string of the molecule is COc1ccc(-n2[nH]c(-c3ccccc3)c(/C(C)=N/NC(=O)c3cc(OC)cc(OC)c3)c2=O)cc1. The first-order chi connectivity index (χ1) is 17.4. The summed E-state index contributed by atoms with van der Waals surface area (Å²) in [7, 11) is 4.59. The highest BCUT2D eigenvalue weighted by Gasteiger charge is 2.20. The lowest BCUT2D eigenvalue weighted by Gasteiger charge is -2.08. The van der Waals surface area contributed by atoms with Crippen LogP contribution in [0.25, 0.3) is 16.9 Å². The van der Waals surface area contributed by atoms with Crippen molar-refractivity contribution in [3.05, 3.63) is 94.3 Å². The zero-order valence-corrected chi connectivity index (χ0v) is 20.4. The highest BCUT2D eigenvalue weighted by Crippen LogP contribution is 2.24. The van der Waals surface area contributed by atoms with Gasteiger partial charge in [0.15, 0.2) is 0 Å². The number of nitrogens with zero attached hydrogens (tertiary/aromatic N) is 2. The number of carbonyl (C=O) groups excluding carboxylic acids is 1. The number of amides is 1. The molecule has 1 amide bonds. The number of ether oxygens (including phenoxy) is 3. The molecule has 0 bridgehead atoms. The molecule has 0 aliphatic rings. The first-order valence-corrected chi connectivity index (χ1v) is 11.1. The Kier molecular flexibility index (Phi) is 7.20. The molecule has 1 aromatic heterocycles. The summed E-state index contributed by atoms with van der Waals surface area (Å²) in [6.45, 7) is 1.67.